The van der Waals surface area contributed by atoms with E-state index in [1.54, 1.807) is 6.20 Å². The van der Waals surface area contributed by atoms with Crippen LogP contribution in [0, 0.1) is 0 Å². The molecule has 110 valence electrons. The van der Waals surface area contributed by atoms with Gasteiger partial charge < -0.3 is 10.1 Å². The number of amides is 1. The van der Waals surface area contributed by atoms with Crippen LogP contribution in [0.3, 0.4) is 0 Å². The first-order chi connectivity index (χ1) is 9.75. The second-order valence-corrected chi connectivity index (χ2v) is 6.20. The number of hydrogen-bond donors (Lipinski definition) is 2. The Hall–Kier alpha value is -0.920. The summed E-state index contributed by atoms with van der Waals surface area (Å²) in [5, 5.41) is 9.54. The van der Waals surface area contributed by atoms with Crippen molar-refractivity contribution in [3.63, 3.8) is 0 Å². The van der Waals surface area contributed by atoms with Crippen LogP contribution in [0.15, 0.2) is 10.7 Å². The van der Waals surface area contributed by atoms with Gasteiger partial charge in [-0.3, -0.25) is 14.8 Å². The monoisotopic (exact) mass is 342 g/mol. The Balaban J connectivity index is 1.69. The summed E-state index contributed by atoms with van der Waals surface area (Å²) >= 11 is 3.35. The van der Waals surface area contributed by atoms with Crippen LogP contribution in [0.25, 0.3) is 0 Å². The Labute approximate surface area is 126 Å². The lowest BCUT2D eigenvalue weighted by Crippen LogP contribution is -2.55. The summed E-state index contributed by atoms with van der Waals surface area (Å²) in [6, 6.07) is 0.321. The Morgan fingerprint density at radius 3 is 3.00 bits per heavy atom. The van der Waals surface area contributed by atoms with E-state index in [-0.39, 0.29) is 11.9 Å². The first kappa shape index (κ1) is 14.0. The molecule has 1 atom stereocenters. The lowest BCUT2D eigenvalue weighted by molar-refractivity contribution is -0.129. The molecule has 1 aliphatic heterocycles. The zero-order valence-electron chi connectivity index (χ0n) is 11.3. The molecule has 1 aliphatic carbocycles. The van der Waals surface area contributed by atoms with E-state index in [9.17, 15) is 4.79 Å². The molecule has 1 saturated carbocycles. The second kappa shape index (κ2) is 6.24. The van der Waals surface area contributed by atoms with Crippen molar-refractivity contribution in [3.05, 3.63) is 10.7 Å². The second-order valence-electron chi connectivity index (χ2n) is 5.35. The Kier molecular flexibility index (Phi) is 4.38. The number of anilines is 1. The van der Waals surface area contributed by atoms with E-state index in [4.69, 9.17) is 4.74 Å². The molecule has 0 spiro atoms. The van der Waals surface area contributed by atoms with Gasteiger partial charge in [0.15, 0.2) is 0 Å². The first-order valence-electron chi connectivity index (χ1n) is 7.09. The van der Waals surface area contributed by atoms with E-state index >= 15 is 0 Å². The van der Waals surface area contributed by atoms with Gasteiger partial charge in [-0.1, -0.05) is 12.8 Å². The predicted octanol–water partition coefficient (Wildman–Crippen LogP) is 1.75. The van der Waals surface area contributed by atoms with Gasteiger partial charge in [0, 0.05) is 12.6 Å². The third-order valence-corrected chi connectivity index (χ3v) is 4.71. The molecule has 2 aliphatic rings. The summed E-state index contributed by atoms with van der Waals surface area (Å²) in [6.07, 6.45) is 6.54. The molecule has 0 radical (unpaired) electrons. The number of carbonyl (C=O) groups excluding carboxylic acids is 1. The normalized spacial score (nSPS) is 24.9. The van der Waals surface area contributed by atoms with E-state index in [0.717, 1.165) is 11.0 Å². The highest BCUT2D eigenvalue weighted by Gasteiger charge is 2.35. The first-order valence-corrected chi connectivity index (χ1v) is 7.88. The zero-order valence-corrected chi connectivity index (χ0v) is 12.9. The number of aromatic amines is 1. The molecule has 2 N–H and O–H groups in total. The van der Waals surface area contributed by atoms with Crippen LogP contribution in [0.1, 0.15) is 25.7 Å². The van der Waals surface area contributed by atoms with Crippen molar-refractivity contribution in [2.24, 2.45) is 0 Å². The maximum atomic E-state index is 12.5. The van der Waals surface area contributed by atoms with E-state index in [1.807, 2.05) is 0 Å². The van der Waals surface area contributed by atoms with Gasteiger partial charge in [-0.25, -0.2) is 0 Å². The summed E-state index contributed by atoms with van der Waals surface area (Å²) in [4.78, 5) is 14.8. The minimum absolute atomic E-state index is 0.0263. The average Bonchev–Trinajstić information content (AvgIpc) is 3.11. The van der Waals surface area contributed by atoms with Crippen molar-refractivity contribution in [1.82, 2.24) is 15.1 Å². The number of nitrogens with one attached hydrogen (secondary N) is 2. The molecule has 7 heteroatoms. The number of rotatable bonds is 3. The molecule has 2 heterocycles. The Morgan fingerprint density at radius 2 is 2.30 bits per heavy atom. The molecular formula is C13H19BrN4O2. The van der Waals surface area contributed by atoms with Crippen LogP contribution in [-0.4, -0.2) is 52.8 Å². The summed E-state index contributed by atoms with van der Waals surface area (Å²) < 4.78 is 6.26. The van der Waals surface area contributed by atoms with Crippen molar-refractivity contribution in [3.8, 4) is 0 Å². The predicted molar refractivity (Wildman–Crippen MR) is 78.5 cm³/mol. The van der Waals surface area contributed by atoms with Gasteiger partial charge >= 0.3 is 0 Å². The average molecular weight is 343 g/mol. The molecule has 2 fully saturated rings. The number of morpholine rings is 1. The van der Waals surface area contributed by atoms with Gasteiger partial charge in [-0.05, 0) is 28.8 Å². The van der Waals surface area contributed by atoms with Gasteiger partial charge in [0.2, 0.25) is 5.91 Å². The van der Waals surface area contributed by atoms with E-state index in [1.165, 1.54) is 25.7 Å². The Bertz CT molecular complexity index is 473. The van der Waals surface area contributed by atoms with Crippen LogP contribution in [-0.2, 0) is 9.53 Å². The summed E-state index contributed by atoms with van der Waals surface area (Å²) in [5.74, 6) is 0.577. The highest BCUT2D eigenvalue weighted by atomic mass is 79.9. The summed E-state index contributed by atoms with van der Waals surface area (Å²) in [7, 11) is 0. The topological polar surface area (TPSA) is 70.2 Å². The van der Waals surface area contributed by atoms with Crippen LogP contribution < -0.4 is 5.32 Å². The molecule has 3 rings (SSSR count). The third-order valence-electron chi connectivity index (χ3n) is 4.11. The molecule has 0 aromatic carbocycles. The standard InChI is InChI=1S/C13H19BrN4O2/c14-10-7-15-17-12(10)16-13(19)11-8-20-6-5-18(11)9-3-1-2-4-9/h7,9,11H,1-6,8H2,(H2,15,16,17,19). The van der Waals surface area contributed by atoms with Gasteiger partial charge in [0.25, 0.3) is 0 Å². The maximum absolute atomic E-state index is 12.5. The number of H-pyrrole nitrogens is 1. The number of halogens is 1. The minimum atomic E-state index is -0.206. The van der Waals surface area contributed by atoms with Crippen molar-refractivity contribution < 1.29 is 9.53 Å². The maximum Gasteiger partial charge on any atom is 0.245 e. The summed E-state index contributed by atoms with van der Waals surface area (Å²) in [5.41, 5.74) is 0. The molecule has 20 heavy (non-hydrogen) atoms. The van der Waals surface area contributed by atoms with Crippen molar-refractivity contribution in [1.29, 1.82) is 0 Å². The van der Waals surface area contributed by atoms with Gasteiger partial charge in [0.1, 0.15) is 11.9 Å². The quantitative estimate of drug-likeness (QED) is 0.877. The van der Waals surface area contributed by atoms with E-state index in [2.05, 4.69) is 36.3 Å². The number of ether oxygens (including phenoxy) is 1. The van der Waals surface area contributed by atoms with Crippen molar-refractivity contribution >= 4 is 27.7 Å². The third kappa shape index (κ3) is 2.89. The zero-order chi connectivity index (χ0) is 13.9. The number of nitrogens with zero attached hydrogens (tertiary/aromatic N) is 2. The molecule has 1 aromatic rings. The SMILES string of the molecule is O=C(Nc1[nH]ncc1Br)C1COCCN1C1CCCC1. The largest absolute Gasteiger partial charge is 0.378 e. The van der Waals surface area contributed by atoms with E-state index in [0.29, 0.717) is 25.1 Å². The smallest absolute Gasteiger partial charge is 0.245 e. The number of carbonyl (C=O) groups is 1. The summed E-state index contributed by atoms with van der Waals surface area (Å²) in [6.45, 7) is 2.02. The molecule has 1 aromatic heterocycles. The highest BCUT2D eigenvalue weighted by molar-refractivity contribution is 9.10. The molecular weight excluding hydrogens is 324 g/mol. The molecule has 1 amide bonds. The van der Waals surface area contributed by atoms with Gasteiger partial charge in [0.05, 0.1) is 23.9 Å². The molecule has 1 unspecified atom stereocenters. The fourth-order valence-electron chi connectivity index (χ4n) is 3.08. The van der Waals surface area contributed by atoms with Crippen molar-refractivity contribution in [2.75, 3.05) is 25.1 Å². The van der Waals surface area contributed by atoms with E-state index < -0.39 is 0 Å². The van der Waals surface area contributed by atoms with Crippen LogP contribution in [0.4, 0.5) is 5.82 Å². The van der Waals surface area contributed by atoms with Crippen LogP contribution in [0.5, 0.6) is 0 Å². The molecule has 6 nitrogen and oxygen atoms in total. The van der Waals surface area contributed by atoms with Gasteiger partial charge in [-0.2, -0.15) is 5.10 Å². The molecule has 0 bridgehead atoms. The lowest BCUT2D eigenvalue weighted by Gasteiger charge is -2.38. The Morgan fingerprint density at radius 1 is 1.50 bits per heavy atom. The fourth-order valence-corrected chi connectivity index (χ4v) is 3.37. The van der Waals surface area contributed by atoms with Gasteiger partial charge in [-0.15, -0.1) is 0 Å². The fraction of sp³-hybridized carbons (Fsp3) is 0.692. The number of hydrogen-bond acceptors (Lipinski definition) is 4. The van der Waals surface area contributed by atoms with Crippen LogP contribution >= 0.6 is 15.9 Å². The van der Waals surface area contributed by atoms with Crippen LogP contribution in [0.2, 0.25) is 0 Å². The molecule has 1 saturated heterocycles. The minimum Gasteiger partial charge on any atom is -0.378 e. The number of aromatic nitrogens is 2. The highest BCUT2D eigenvalue weighted by Crippen LogP contribution is 2.27. The lowest BCUT2D eigenvalue weighted by atomic mass is 10.1. The van der Waals surface area contributed by atoms with Crippen molar-refractivity contribution in [2.45, 2.75) is 37.8 Å².